The Labute approximate surface area is 183 Å². The summed E-state index contributed by atoms with van der Waals surface area (Å²) in [5.41, 5.74) is 1.87. The minimum Gasteiger partial charge on any atom is -0.496 e. The van der Waals surface area contributed by atoms with E-state index in [9.17, 15) is 9.18 Å². The number of carbonyl (C=O) groups is 1. The summed E-state index contributed by atoms with van der Waals surface area (Å²) in [5.74, 6) is 0.595. The highest BCUT2D eigenvalue weighted by Gasteiger charge is 2.34. The molecule has 6 nitrogen and oxygen atoms in total. The topological polar surface area (TPSA) is 45.2 Å². The molecular weight excluding hydrogens is 397 g/mol. The van der Waals surface area contributed by atoms with Crippen LogP contribution >= 0.6 is 0 Å². The van der Waals surface area contributed by atoms with E-state index in [-0.39, 0.29) is 17.8 Å². The van der Waals surface area contributed by atoms with E-state index < -0.39 is 0 Å². The van der Waals surface area contributed by atoms with Gasteiger partial charge in [-0.1, -0.05) is 30.3 Å². The van der Waals surface area contributed by atoms with Crippen LogP contribution < -0.4 is 4.74 Å². The first-order chi connectivity index (χ1) is 15.2. The molecule has 0 spiro atoms. The number of amides is 1. The molecule has 2 aromatic rings. The highest BCUT2D eigenvalue weighted by Crippen LogP contribution is 2.27. The summed E-state index contributed by atoms with van der Waals surface area (Å²) >= 11 is 0. The average Bonchev–Trinajstić information content (AvgIpc) is 2.82. The van der Waals surface area contributed by atoms with Crippen molar-refractivity contribution in [1.29, 1.82) is 0 Å². The maximum absolute atomic E-state index is 13.7. The molecule has 0 radical (unpaired) electrons. The van der Waals surface area contributed by atoms with E-state index in [4.69, 9.17) is 9.47 Å². The number of ether oxygens (including phenoxy) is 2. The Morgan fingerprint density at radius 2 is 1.74 bits per heavy atom. The van der Waals surface area contributed by atoms with Crippen molar-refractivity contribution in [3.8, 4) is 5.75 Å². The molecule has 2 fully saturated rings. The predicted molar refractivity (Wildman–Crippen MR) is 116 cm³/mol. The van der Waals surface area contributed by atoms with Crippen LogP contribution in [0.25, 0.3) is 0 Å². The molecule has 0 saturated carbocycles. The van der Waals surface area contributed by atoms with Gasteiger partial charge in [-0.25, -0.2) is 4.39 Å². The summed E-state index contributed by atoms with van der Waals surface area (Å²) in [4.78, 5) is 19.9. The SMILES string of the molecule is COc1ccc(F)cc1CN1CCN([C@H](C(=O)N2CCOCC2)c2ccccc2)CC1. The fourth-order valence-electron chi connectivity index (χ4n) is 4.39. The van der Waals surface area contributed by atoms with E-state index in [1.54, 1.807) is 19.2 Å². The first kappa shape index (κ1) is 21.7. The Morgan fingerprint density at radius 3 is 2.42 bits per heavy atom. The molecule has 0 unspecified atom stereocenters. The zero-order chi connectivity index (χ0) is 21.6. The molecule has 2 heterocycles. The summed E-state index contributed by atoms with van der Waals surface area (Å²) in [6.45, 7) is 6.25. The van der Waals surface area contributed by atoms with Gasteiger partial charge < -0.3 is 14.4 Å². The minimum atomic E-state index is -0.287. The normalized spacial score (nSPS) is 19.2. The van der Waals surface area contributed by atoms with Crippen LogP contribution in [0.4, 0.5) is 4.39 Å². The molecule has 0 bridgehead atoms. The lowest BCUT2D eigenvalue weighted by molar-refractivity contribution is -0.142. The number of halogens is 1. The standard InChI is InChI=1S/C24H30FN3O3/c1-30-22-8-7-21(25)17-20(22)18-26-9-11-27(12-10-26)23(19-5-3-2-4-6-19)24(29)28-13-15-31-16-14-28/h2-8,17,23H,9-16,18H2,1H3/t23-/m0/s1. The summed E-state index contributed by atoms with van der Waals surface area (Å²) in [7, 11) is 1.61. The van der Waals surface area contributed by atoms with Crippen molar-refractivity contribution in [3.05, 3.63) is 65.5 Å². The van der Waals surface area contributed by atoms with Crippen molar-refractivity contribution in [1.82, 2.24) is 14.7 Å². The Bertz CT molecular complexity index is 866. The monoisotopic (exact) mass is 427 g/mol. The fourth-order valence-corrected chi connectivity index (χ4v) is 4.39. The molecule has 2 aliphatic heterocycles. The predicted octanol–water partition coefficient (Wildman–Crippen LogP) is 2.55. The van der Waals surface area contributed by atoms with Gasteiger partial charge in [0.1, 0.15) is 17.6 Å². The third-order valence-corrected chi connectivity index (χ3v) is 6.08. The van der Waals surface area contributed by atoms with Crippen LogP contribution in [0.3, 0.4) is 0 Å². The van der Waals surface area contributed by atoms with Gasteiger partial charge in [-0.05, 0) is 23.8 Å². The van der Waals surface area contributed by atoms with Crippen molar-refractivity contribution < 1.29 is 18.7 Å². The van der Waals surface area contributed by atoms with Crippen molar-refractivity contribution in [2.45, 2.75) is 12.6 Å². The van der Waals surface area contributed by atoms with Gasteiger partial charge in [-0.2, -0.15) is 0 Å². The smallest absolute Gasteiger partial charge is 0.244 e. The average molecular weight is 428 g/mol. The van der Waals surface area contributed by atoms with Crippen LogP contribution in [-0.2, 0) is 16.1 Å². The van der Waals surface area contributed by atoms with Crippen LogP contribution in [-0.4, -0.2) is 80.2 Å². The van der Waals surface area contributed by atoms with Gasteiger partial charge >= 0.3 is 0 Å². The van der Waals surface area contributed by atoms with E-state index in [2.05, 4.69) is 9.80 Å². The third-order valence-electron chi connectivity index (χ3n) is 6.08. The largest absolute Gasteiger partial charge is 0.496 e. The molecule has 0 aliphatic carbocycles. The van der Waals surface area contributed by atoms with Crippen LogP contribution in [0.1, 0.15) is 17.2 Å². The molecule has 1 amide bonds. The van der Waals surface area contributed by atoms with Crippen LogP contribution in [0.2, 0.25) is 0 Å². The van der Waals surface area contributed by atoms with Gasteiger partial charge in [0, 0.05) is 51.4 Å². The molecular formula is C24H30FN3O3. The van der Waals surface area contributed by atoms with Gasteiger partial charge in [-0.3, -0.25) is 14.6 Å². The van der Waals surface area contributed by atoms with Crippen molar-refractivity contribution in [2.75, 3.05) is 59.6 Å². The van der Waals surface area contributed by atoms with Crippen LogP contribution in [0.15, 0.2) is 48.5 Å². The third kappa shape index (κ3) is 5.23. The first-order valence-electron chi connectivity index (χ1n) is 10.9. The first-order valence-corrected chi connectivity index (χ1v) is 10.9. The zero-order valence-corrected chi connectivity index (χ0v) is 18.0. The number of benzene rings is 2. The maximum Gasteiger partial charge on any atom is 0.244 e. The maximum atomic E-state index is 13.7. The van der Waals surface area contributed by atoms with Crippen molar-refractivity contribution in [3.63, 3.8) is 0 Å². The second kappa shape index (κ2) is 10.2. The summed E-state index contributed by atoms with van der Waals surface area (Å²) in [5, 5.41) is 0. The van der Waals surface area contributed by atoms with E-state index in [1.165, 1.54) is 6.07 Å². The quantitative estimate of drug-likeness (QED) is 0.709. The Balaban J connectivity index is 1.45. The highest BCUT2D eigenvalue weighted by atomic mass is 19.1. The Kier molecular flexibility index (Phi) is 7.17. The molecule has 166 valence electrons. The number of nitrogens with zero attached hydrogens (tertiary/aromatic N) is 3. The van der Waals surface area contributed by atoms with E-state index in [0.29, 0.717) is 38.6 Å². The lowest BCUT2D eigenvalue weighted by atomic mass is 10.0. The minimum absolute atomic E-state index is 0.148. The van der Waals surface area contributed by atoms with Crippen molar-refractivity contribution in [2.24, 2.45) is 0 Å². The number of hydrogen-bond donors (Lipinski definition) is 0. The van der Waals surface area contributed by atoms with Gasteiger partial charge in [-0.15, -0.1) is 0 Å². The summed E-state index contributed by atoms with van der Waals surface area (Å²) in [6, 6.07) is 14.4. The fraction of sp³-hybridized carbons (Fsp3) is 0.458. The van der Waals surface area contributed by atoms with Gasteiger partial charge in [0.25, 0.3) is 0 Å². The van der Waals surface area contributed by atoms with Crippen LogP contribution in [0, 0.1) is 5.82 Å². The Hall–Kier alpha value is -2.48. The second-order valence-electron chi connectivity index (χ2n) is 8.02. The molecule has 0 aromatic heterocycles. The molecule has 7 heteroatoms. The van der Waals surface area contributed by atoms with Gasteiger partial charge in [0.05, 0.1) is 20.3 Å². The number of hydrogen-bond acceptors (Lipinski definition) is 5. The number of morpholine rings is 1. The molecule has 2 aliphatic rings. The molecule has 4 rings (SSSR count). The number of carbonyl (C=O) groups excluding carboxylic acids is 1. The molecule has 0 N–H and O–H groups in total. The van der Waals surface area contributed by atoms with Crippen LogP contribution in [0.5, 0.6) is 5.75 Å². The summed E-state index contributed by atoms with van der Waals surface area (Å²) in [6.07, 6.45) is 0. The highest BCUT2D eigenvalue weighted by molar-refractivity contribution is 5.83. The summed E-state index contributed by atoms with van der Waals surface area (Å²) < 4.78 is 24.5. The second-order valence-corrected chi connectivity index (χ2v) is 8.02. The Morgan fingerprint density at radius 1 is 1.03 bits per heavy atom. The molecule has 2 saturated heterocycles. The lowest BCUT2D eigenvalue weighted by Gasteiger charge is -2.41. The number of methoxy groups -OCH3 is 1. The zero-order valence-electron chi connectivity index (χ0n) is 18.0. The molecule has 31 heavy (non-hydrogen) atoms. The number of piperazine rings is 1. The van der Waals surface area contributed by atoms with E-state index in [0.717, 1.165) is 37.3 Å². The van der Waals surface area contributed by atoms with E-state index in [1.807, 2.05) is 35.2 Å². The van der Waals surface area contributed by atoms with Gasteiger partial charge in [0.2, 0.25) is 5.91 Å². The lowest BCUT2D eigenvalue weighted by Crippen LogP contribution is -2.52. The molecule has 1 atom stereocenters. The van der Waals surface area contributed by atoms with Gasteiger partial charge in [0.15, 0.2) is 0 Å². The number of rotatable bonds is 6. The molecule has 2 aromatic carbocycles. The van der Waals surface area contributed by atoms with Crippen molar-refractivity contribution >= 4 is 5.91 Å². The van der Waals surface area contributed by atoms with E-state index >= 15 is 0 Å².